The minimum atomic E-state index is -0.770. The van der Waals surface area contributed by atoms with E-state index in [-0.39, 0.29) is 30.3 Å². The summed E-state index contributed by atoms with van der Waals surface area (Å²) in [7, 11) is 1.64. The third-order valence-electron chi connectivity index (χ3n) is 9.31. The van der Waals surface area contributed by atoms with Gasteiger partial charge in [0.05, 0.1) is 11.0 Å². The average molecular weight is 448 g/mol. The topological polar surface area (TPSA) is 51.2 Å². The van der Waals surface area contributed by atoms with Gasteiger partial charge in [-0.1, -0.05) is 36.4 Å². The van der Waals surface area contributed by atoms with Crippen LogP contribution in [0.2, 0.25) is 0 Å². The fourth-order valence-electron chi connectivity index (χ4n) is 7.75. The Labute approximate surface area is 195 Å². The second-order valence-corrected chi connectivity index (χ2v) is 10.9. The molecule has 0 amide bonds. The second kappa shape index (κ2) is 7.21. The maximum absolute atomic E-state index is 12.7. The molecule has 5 aliphatic rings. The molecule has 2 aromatic carbocycles. The molecule has 7 rings (SSSR count). The van der Waals surface area contributed by atoms with Crippen molar-refractivity contribution < 1.29 is 19.3 Å². The third kappa shape index (κ3) is 2.70. The highest BCUT2D eigenvalue weighted by atomic mass is 16.7. The number of ether oxygens (including phenoxy) is 3. The van der Waals surface area contributed by atoms with Gasteiger partial charge in [-0.05, 0) is 68.2 Å². The van der Waals surface area contributed by atoms with Crippen molar-refractivity contribution in [1.82, 2.24) is 4.90 Å². The molecule has 33 heavy (non-hydrogen) atoms. The number of benzene rings is 2. The Morgan fingerprint density at radius 3 is 2.73 bits per heavy atom. The van der Waals surface area contributed by atoms with E-state index in [0.29, 0.717) is 0 Å². The highest BCUT2D eigenvalue weighted by Crippen LogP contribution is 2.67. The number of piperidine rings is 1. The van der Waals surface area contributed by atoms with Gasteiger partial charge in [-0.15, -0.1) is 0 Å². The summed E-state index contributed by atoms with van der Waals surface area (Å²) in [6.45, 7) is 2.36. The van der Waals surface area contributed by atoms with Crippen molar-refractivity contribution in [2.75, 3.05) is 27.0 Å². The zero-order chi connectivity index (χ0) is 22.2. The second-order valence-electron chi connectivity index (χ2n) is 10.9. The molecule has 2 unspecified atom stereocenters. The Bertz CT molecular complexity index is 1070. The van der Waals surface area contributed by atoms with E-state index in [2.05, 4.69) is 41.3 Å². The number of rotatable bonds is 6. The molecule has 0 aromatic heterocycles. The van der Waals surface area contributed by atoms with Crippen LogP contribution in [0.25, 0.3) is 0 Å². The van der Waals surface area contributed by atoms with E-state index in [1.165, 1.54) is 29.5 Å². The average Bonchev–Trinajstić information content (AvgIpc) is 3.58. The lowest BCUT2D eigenvalue weighted by atomic mass is 9.47. The van der Waals surface area contributed by atoms with Gasteiger partial charge in [0, 0.05) is 31.2 Å². The summed E-state index contributed by atoms with van der Waals surface area (Å²) in [6.07, 6.45) is 6.20. The van der Waals surface area contributed by atoms with E-state index in [9.17, 15) is 5.11 Å². The predicted molar refractivity (Wildman–Crippen MR) is 125 cm³/mol. The van der Waals surface area contributed by atoms with Crippen molar-refractivity contribution in [3.05, 3.63) is 59.2 Å². The molecule has 2 bridgehead atoms. The van der Waals surface area contributed by atoms with E-state index in [4.69, 9.17) is 14.2 Å². The van der Waals surface area contributed by atoms with Crippen molar-refractivity contribution in [3.63, 3.8) is 0 Å². The standard InChI is InChI=1S/C28H33NO4/c1-31-17-32-22-10-9-20-15-23-28(30)12-11-21(19-5-3-2-4-6-19)26-27(28,24(20)25(22)33-26)13-14-29(23)16-18-7-8-18/h2-6,9-10,18,21,23,26,30H,7-8,11-17H2,1H3/t21?,23-,26?,27+,28-/m1/s1. The van der Waals surface area contributed by atoms with Crippen molar-refractivity contribution >= 4 is 0 Å². The first kappa shape index (κ1) is 20.3. The molecule has 1 saturated heterocycles. The van der Waals surface area contributed by atoms with Crippen LogP contribution in [-0.4, -0.2) is 54.7 Å². The van der Waals surface area contributed by atoms with Crippen LogP contribution < -0.4 is 9.47 Å². The highest BCUT2D eigenvalue weighted by Gasteiger charge is 2.73. The van der Waals surface area contributed by atoms with Crippen LogP contribution in [0, 0.1) is 5.92 Å². The number of nitrogens with zero attached hydrogens (tertiary/aromatic N) is 1. The van der Waals surface area contributed by atoms with Gasteiger partial charge in [-0.25, -0.2) is 0 Å². The van der Waals surface area contributed by atoms with Crippen LogP contribution in [0.1, 0.15) is 54.7 Å². The van der Waals surface area contributed by atoms with E-state index in [1.807, 2.05) is 6.07 Å². The molecular weight excluding hydrogens is 414 g/mol. The fourth-order valence-corrected chi connectivity index (χ4v) is 7.75. The first-order valence-corrected chi connectivity index (χ1v) is 12.6. The summed E-state index contributed by atoms with van der Waals surface area (Å²) in [4.78, 5) is 2.62. The first-order chi connectivity index (χ1) is 16.2. The third-order valence-corrected chi connectivity index (χ3v) is 9.31. The van der Waals surface area contributed by atoms with E-state index < -0.39 is 5.60 Å². The van der Waals surface area contributed by atoms with Crippen molar-refractivity contribution in [2.24, 2.45) is 5.92 Å². The maximum Gasteiger partial charge on any atom is 0.188 e. The van der Waals surface area contributed by atoms with Gasteiger partial charge in [-0.3, -0.25) is 4.90 Å². The van der Waals surface area contributed by atoms with Crippen molar-refractivity contribution in [1.29, 1.82) is 0 Å². The van der Waals surface area contributed by atoms with Crippen LogP contribution in [0.4, 0.5) is 0 Å². The minimum Gasteiger partial charge on any atom is -0.485 e. The van der Waals surface area contributed by atoms with Crippen molar-refractivity contribution in [2.45, 2.75) is 67.6 Å². The Hall–Kier alpha value is -2.08. The molecule has 174 valence electrons. The molecule has 3 fully saturated rings. The molecule has 2 heterocycles. The molecule has 2 aromatic rings. The Morgan fingerprint density at radius 1 is 1.09 bits per heavy atom. The molecule has 5 atom stereocenters. The van der Waals surface area contributed by atoms with Gasteiger partial charge in [0.15, 0.2) is 18.3 Å². The zero-order valence-corrected chi connectivity index (χ0v) is 19.3. The van der Waals surface area contributed by atoms with Gasteiger partial charge in [0.2, 0.25) is 0 Å². The summed E-state index contributed by atoms with van der Waals surface area (Å²) in [6, 6.07) is 15.2. The zero-order valence-electron chi connectivity index (χ0n) is 19.3. The lowest BCUT2D eigenvalue weighted by Crippen LogP contribution is -2.76. The molecular formula is C28H33NO4. The van der Waals surface area contributed by atoms with Gasteiger partial charge < -0.3 is 19.3 Å². The van der Waals surface area contributed by atoms with Gasteiger partial charge in [0.25, 0.3) is 0 Å². The summed E-state index contributed by atoms with van der Waals surface area (Å²) < 4.78 is 18.1. The predicted octanol–water partition coefficient (Wildman–Crippen LogP) is 4.02. The Morgan fingerprint density at radius 2 is 1.94 bits per heavy atom. The number of aliphatic hydroxyl groups is 1. The lowest BCUT2D eigenvalue weighted by Gasteiger charge is -2.64. The Kier molecular flexibility index (Phi) is 4.44. The van der Waals surface area contributed by atoms with Gasteiger partial charge in [-0.2, -0.15) is 0 Å². The fraction of sp³-hybridized carbons (Fsp3) is 0.571. The van der Waals surface area contributed by atoms with Crippen LogP contribution in [0.3, 0.4) is 0 Å². The van der Waals surface area contributed by atoms with Crippen molar-refractivity contribution in [3.8, 4) is 11.5 Å². The van der Waals surface area contributed by atoms with Crippen LogP contribution >= 0.6 is 0 Å². The van der Waals surface area contributed by atoms with Gasteiger partial charge in [0.1, 0.15) is 6.10 Å². The van der Waals surface area contributed by atoms with Gasteiger partial charge >= 0.3 is 0 Å². The van der Waals surface area contributed by atoms with E-state index in [1.54, 1.807) is 7.11 Å². The number of hydrogen-bond acceptors (Lipinski definition) is 5. The van der Waals surface area contributed by atoms with E-state index >= 15 is 0 Å². The molecule has 1 N–H and O–H groups in total. The lowest BCUT2D eigenvalue weighted by molar-refractivity contribution is -0.190. The molecule has 2 aliphatic heterocycles. The molecule has 5 nitrogen and oxygen atoms in total. The van der Waals surface area contributed by atoms with Crippen LogP contribution in [0.5, 0.6) is 11.5 Å². The summed E-state index contributed by atoms with van der Waals surface area (Å²) in [5, 5.41) is 12.7. The molecule has 0 radical (unpaired) electrons. The SMILES string of the molecule is COCOc1ccc2c3c1OC1C(c4ccccc4)CC[C@@]4(O)[C@@H](C2)N(CC2CC2)CC[C@]314. The molecule has 2 saturated carbocycles. The summed E-state index contributed by atoms with van der Waals surface area (Å²) >= 11 is 0. The smallest absolute Gasteiger partial charge is 0.188 e. The van der Waals surface area contributed by atoms with Crippen LogP contribution in [-0.2, 0) is 16.6 Å². The first-order valence-electron chi connectivity index (χ1n) is 12.6. The van der Waals surface area contributed by atoms with Crippen LogP contribution in [0.15, 0.2) is 42.5 Å². The summed E-state index contributed by atoms with van der Waals surface area (Å²) in [5.74, 6) is 2.67. The highest BCUT2D eigenvalue weighted by molar-refractivity contribution is 5.63. The quantitative estimate of drug-likeness (QED) is 0.678. The normalized spacial score (nSPS) is 36.2. The molecule has 1 spiro atoms. The molecule has 3 aliphatic carbocycles. The van der Waals surface area contributed by atoms with E-state index in [0.717, 1.165) is 56.2 Å². The largest absolute Gasteiger partial charge is 0.485 e. The number of likely N-dealkylation sites (tertiary alicyclic amines) is 1. The monoisotopic (exact) mass is 447 g/mol. The maximum atomic E-state index is 12.7. The number of hydrogen-bond donors (Lipinski definition) is 1. The Balaban J connectivity index is 1.39. The minimum absolute atomic E-state index is 0.0782. The molecule has 5 heteroatoms. The summed E-state index contributed by atoms with van der Waals surface area (Å²) in [5.41, 5.74) is 2.72. The number of methoxy groups -OCH3 is 1.